The van der Waals surface area contributed by atoms with Crippen LogP contribution in [0.15, 0.2) is 4.99 Å². The molecule has 0 aliphatic rings. The number of nitrogens with two attached hydrogens (primary N) is 4. The normalized spacial score (nSPS) is 13.2. The van der Waals surface area contributed by atoms with Gasteiger partial charge in [0.2, 0.25) is 5.91 Å². The molecule has 9 nitrogen and oxygen atoms in total. The van der Waals surface area contributed by atoms with Crippen LogP contribution < -0.4 is 28.3 Å². The molecule has 0 heterocycles. The number of hydrogen-bond acceptors (Lipinski definition) is 5. The first-order valence-corrected chi connectivity index (χ1v) is 6.92. The lowest BCUT2D eigenvalue weighted by Crippen LogP contribution is -2.48. The maximum Gasteiger partial charge on any atom is 0.326 e. The first-order valence-electron chi connectivity index (χ1n) is 6.92. The van der Waals surface area contributed by atoms with Crippen LogP contribution in [0.1, 0.15) is 32.1 Å². The van der Waals surface area contributed by atoms with E-state index in [9.17, 15) is 9.59 Å². The van der Waals surface area contributed by atoms with Crippen LogP contribution in [0.4, 0.5) is 0 Å². The molecule has 122 valence electrons. The van der Waals surface area contributed by atoms with E-state index in [1.54, 1.807) is 0 Å². The maximum atomic E-state index is 11.8. The molecule has 21 heavy (non-hydrogen) atoms. The summed E-state index contributed by atoms with van der Waals surface area (Å²) in [4.78, 5) is 26.6. The SMILES string of the molecule is NCCC[C@H](NC(=O)[C@@H](N)CCCCN=C(N)N)C(=O)O. The van der Waals surface area contributed by atoms with Gasteiger partial charge in [-0.2, -0.15) is 0 Å². The van der Waals surface area contributed by atoms with E-state index in [-0.39, 0.29) is 12.4 Å². The summed E-state index contributed by atoms with van der Waals surface area (Å²) in [6.07, 6.45) is 2.62. The smallest absolute Gasteiger partial charge is 0.326 e. The van der Waals surface area contributed by atoms with E-state index in [2.05, 4.69) is 10.3 Å². The van der Waals surface area contributed by atoms with E-state index >= 15 is 0 Å². The van der Waals surface area contributed by atoms with Crippen molar-refractivity contribution in [1.29, 1.82) is 0 Å². The molecule has 0 saturated carbocycles. The summed E-state index contributed by atoms with van der Waals surface area (Å²) in [7, 11) is 0. The highest BCUT2D eigenvalue weighted by atomic mass is 16.4. The number of carbonyl (C=O) groups is 2. The van der Waals surface area contributed by atoms with Gasteiger partial charge in [-0.1, -0.05) is 0 Å². The highest BCUT2D eigenvalue weighted by molar-refractivity contribution is 5.86. The Balaban J connectivity index is 4.06. The van der Waals surface area contributed by atoms with Crippen molar-refractivity contribution in [2.45, 2.75) is 44.2 Å². The Labute approximate surface area is 124 Å². The Kier molecular flexibility index (Phi) is 9.90. The van der Waals surface area contributed by atoms with E-state index in [0.717, 1.165) is 0 Å². The third-order valence-corrected chi connectivity index (χ3v) is 2.87. The number of aliphatic carboxylic acids is 1. The number of nitrogens with one attached hydrogen (secondary N) is 1. The second-order valence-corrected chi connectivity index (χ2v) is 4.74. The number of carboxylic acids is 1. The molecule has 0 rings (SSSR count). The fourth-order valence-electron chi connectivity index (χ4n) is 1.67. The van der Waals surface area contributed by atoms with Crippen molar-refractivity contribution in [3.8, 4) is 0 Å². The van der Waals surface area contributed by atoms with Crippen molar-refractivity contribution in [3.63, 3.8) is 0 Å². The van der Waals surface area contributed by atoms with Gasteiger partial charge in [-0.3, -0.25) is 9.79 Å². The summed E-state index contributed by atoms with van der Waals surface area (Å²) in [5, 5.41) is 11.4. The lowest BCUT2D eigenvalue weighted by atomic mass is 10.1. The lowest BCUT2D eigenvalue weighted by molar-refractivity contribution is -0.142. The van der Waals surface area contributed by atoms with Gasteiger partial charge in [0, 0.05) is 6.54 Å². The highest BCUT2D eigenvalue weighted by Gasteiger charge is 2.22. The number of hydrogen-bond donors (Lipinski definition) is 6. The molecule has 0 unspecified atom stereocenters. The molecule has 0 spiro atoms. The van der Waals surface area contributed by atoms with Gasteiger partial charge in [-0.25, -0.2) is 4.79 Å². The van der Waals surface area contributed by atoms with Crippen LogP contribution in [0.25, 0.3) is 0 Å². The van der Waals surface area contributed by atoms with E-state index in [1.807, 2.05) is 0 Å². The second kappa shape index (κ2) is 10.9. The van der Waals surface area contributed by atoms with Gasteiger partial charge in [-0.05, 0) is 38.6 Å². The molecule has 2 atom stereocenters. The van der Waals surface area contributed by atoms with Gasteiger partial charge in [0.05, 0.1) is 6.04 Å². The van der Waals surface area contributed by atoms with Gasteiger partial charge >= 0.3 is 5.97 Å². The van der Waals surface area contributed by atoms with Gasteiger partial charge < -0.3 is 33.4 Å². The molecule has 10 N–H and O–H groups in total. The van der Waals surface area contributed by atoms with Crippen LogP contribution in [0.2, 0.25) is 0 Å². The summed E-state index contributed by atoms with van der Waals surface area (Å²) in [6, 6.07) is -1.70. The number of unbranched alkanes of at least 4 members (excludes halogenated alkanes) is 1. The number of aliphatic imine (C=N–C) groups is 1. The predicted octanol–water partition coefficient (Wildman–Crippen LogP) is -1.93. The van der Waals surface area contributed by atoms with Crippen molar-refractivity contribution < 1.29 is 14.7 Å². The van der Waals surface area contributed by atoms with Crippen molar-refractivity contribution in [2.24, 2.45) is 27.9 Å². The van der Waals surface area contributed by atoms with Crippen LogP contribution in [0.5, 0.6) is 0 Å². The average molecular weight is 302 g/mol. The molecule has 0 fully saturated rings. The summed E-state index contributed by atoms with van der Waals surface area (Å²) in [5.74, 6) is -1.53. The molecule has 0 aromatic carbocycles. The molecule has 0 aliphatic carbocycles. The van der Waals surface area contributed by atoms with Gasteiger partial charge in [-0.15, -0.1) is 0 Å². The molecule has 1 amide bonds. The summed E-state index contributed by atoms with van der Waals surface area (Å²) >= 11 is 0. The Morgan fingerprint density at radius 1 is 1.14 bits per heavy atom. The van der Waals surface area contributed by atoms with Crippen molar-refractivity contribution >= 4 is 17.8 Å². The molecule has 0 aliphatic heterocycles. The molecule has 0 radical (unpaired) electrons. The molecular weight excluding hydrogens is 276 g/mol. The van der Waals surface area contributed by atoms with Gasteiger partial charge in [0.15, 0.2) is 5.96 Å². The van der Waals surface area contributed by atoms with E-state index in [1.165, 1.54) is 0 Å². The maximum absolute atomic E-state index is 11.8. The number of amides is 1. The molecule has 0 aromatic heterocycles. The number of carbonyl (C=O) groups excluding carboxylic acids is 1. The minimum atomic E-state index is -1.09. The first kappa shape index (κ1) is 19.1. The number of guanidine groups is 1. The van der Waals surface area contributed by atoms with Crippen molar-refractivity contribution in [2.75, 3.05) is 13.1 Å². The van der Waals surface area contributed by atoms with Crippen molar-refractivity contribution in [3.05, 3.63) is 0 Å². The zero-order chi connectivity index (χ0) is 16.3. The number of nitrogens with zero attached hydrogens (tertiary/aromatic N) is 1. The predicted molar refractivity (Wildman–Crippen MR) is 80.4 cm³/mol. The molecule has 9 heteroatoms. The Bertz CT molecular complexity index is 357. The van der Waals surface area contributed by atoms with Crippen LogP contribution in [0, 0.1) is 0 Å². The molecular formula is C12H26N6O3. The minimum Gasteiger partial charge on any atom is -0.480 e. The van der Waals surface area contributed by atoms with Crippen LogP contribution in [-0.2, 0) is 9.59 Å². The number of carboxylic acid groups (broad SMARTS) is 1. The number of rotatable bonds is 11. The Morgan fingerprint density at radius 2 is 1.81 bits per heavy atom. The van der Waals surface area contributed by atoms with Crippen molar-refractivity contribution in [1.82, 2.24) is 5.32 Å². The van der Waals surface area contributed by atoms with Gasteiger partial charge in [0.1, 0.15) is 6.04 Å². The fraction of sp³-hybridized carbons (Fsp3) is 0.750. The van der Waals surface area contributed by atoms with Crippen LogP contribution in [-0.4, -0.2) is 48.1 Å². The fourth-order valence-corrected chi connectivity index (χ4v) is 1.67. The monoisotopic (exact) mass is 302 g/mol. The standard InChI is InChI=1S/C12H26N6O3/c13-6-3-5-9(11(20)21)18-10(19)8(14)4-1-2-7-17-12(15)16/h8-9H,1-7,13-14H2,(H,18,19)(H,20,21)(H4,15,16,17)/t8-,9-/m0/s1. The zero-order valence-corrected chi connectivity index (χ0v) is 12.1. The van der Waals surface area contributed by atoms with Gasteiger partial charge in [0.25, 0.3) is 0 Å². The largest absolute Gasteiger partial charge is 0.480 e. The van der Waals surface area contributed by atoms with Crippen LogP contribution >= 0.6 is 0 Å². The summed E-state index contributed by atoms with van der Waals surface area (Å²) in [6.45, 7) is 0.849. The Hall–Kier alpha value is -1.87. The van der Waals surface area contributed by atoms with E-state index < -0.39 is 24.0 Å². The van der Waals surface area contributed by atoms with E-state index in [0.29, 0.717) is 38.8 Å². The molecule has 0 bridgehead atoms. The highest BCUT2D eigenvalue weighted by Crippen LogP contribution is 2.02. The van der Waals surface area contributed by atoms with E-state index in [4.69, 9.17) is 28.0 Å². The third-order valence-electron chi connectivity index (χ3n) is 2.87. The third kappa shape index (κ3) is 9.63. The summed E-state index contributed by atoms with van der Waals surface area (Å²) in [5.41, 5.74) is 21.4. The lowest BCUT2D eigenvalue weighted by Gasteiger charge is -2.17. The Morgan fingerprint density at radius 3 is 2.33 bits per heavy atom. The second-order valence-electron chi connectivity index (χ2n) is 4.74. The average Bonchev–Trinajstić information content (AvgIpc) is 2.41. The first-order chi connectivity index (χ1) is 9.88. The van der Waals surface area contributed by atoms with Crippen LogP contribution in [0.3, 0.4) is 0 Å². The topological polar surface area (TPSA) is 183 Å². The minimum absolute atomic E-state index is 0.0289. The molecule has 0 aromatic rings. The quantitative estimate of drug-likeness (QED) is 0.146. The molecule has 0 saturated heterocycles. The zero-order valence-electron chi connectivity index (χ0n) is 12.1. The summed E-state index contributed by atoms with van der Waals surface area (Å²) < 4.78 is 0.